The van der Waals surface area contributed by atoms with E-state index in [2.05, 4.69) is 5.32 Å². The van der Waals surface area contributed by atoms with E-state index in [1.807, 2.05) is 25.1 Å². The van der Waals surface area contributed by atoms with Crippen LogP contribution in [0.4, 0.5) is 8.78 Å². The van der Waals surface area contributed by atoms with Crippen LogP contribution in [0.1, 0.15) is 23.8 Å². The first-order chi connectivity index (χ1) is 11.0. The molecule has 0 radical (unpaired) electrons. The summed E-state index contributed by atoms with van der Waals surface area (Å²) in [6.07, 6.45) is 2.16. The highest BCUT2D eigenvalue weighted by Gasteiger charge is 2.17. The van der Waals surface area contributed by atoms with E-state index < -0.39 is 11.6 Å². The number of hydrogen-bond acceptors (Lipinski definition) is 3. The van der Waals surface area contributed by atoms with Gasteiger partial charge in [0, 0.05) is 13.0 Å². The van der Waals surface area contributed by atoms with E-state index >= 15 is 0 Å². The zero-order valence-corrected chi connectivity index (χ0v) is 13.2. The van der Waals surface area contributed by atoms with Gasteiger partial charge in [0.05, 0.1) is 12.3 Å². The number of benzene rings is 1. The van der Waals surface area contributed by atoms with Crippen molar-refractivity contribution < 1.29 is 18.0 Å². The Labute approximate surface area is 134 Å². The number of amides is 1. The molecule has 4 nitrogen and oxygen atoms in total. The second-order valence-electron chi connectivity index (χ2n) is 5.55. The summed E-state index contributed by atoms with van der Waals surface area (Å²) in [4.78, 5) is 13.9. The van der Waals surface area contributed by atoms with Gasteiger partial charge in [0.1, 0.15) is 5.76 Å². The molecule has 1 amide bonds. The largest absolute Gasteiger partial charge is 0.468 e. The molecule has 0 fully saturated rings. The van der Waals surface area contributed by atoms with Crippen molar-refractivity contribution in [2.75, 3.05) is 20.6 Å². The van der Waals surface area contributed by atoms with Crippen LogP contribution in [0.3, 0.4) is 0 Å². The van der Waals surface area contributed by atoms with Gasteiger partial charge in [0.15, 0.2) is 11.6 Å². The van der Waals surface area contributed by atoms with Crippen molar-refractivity contribution in [3.05, 3.63) is 59.6 Å². The van der Waals surface area contributed by atoms with E-state index in [-0.39, 0.29) is 18.4 Å². The lowest BCUT2D eigenvalue weighted by Gasteiger charge is -2.22. The molecule has 0 bridgehead atoms. The van der Waals surface area contributed by atoms with Crippen molar-refractivity contribution in [3.63, 3.8) is 0 Å². The van der Waals surface area contributed by atoms with Crippen molar-refractivity contribution in [1.82, 2.24) is 10.2 Å². The van der Waals surface area contributed by atoms with Crippen LogP contribution in [0.2, 0.25) is 0 Å². The summed E-state index contributed by atoms with van der Waals surface area (Å²) < 4.78 is 31.3. The minimum absolute atomic E-state index is 0.0581. The summed E-state index contributed by atoms with van der Waals surface area (Å²) in [5.41, 5.74) is 0.592. The standard InChI is InChI=1S/C17H20F2N2O2/c1-21(2)15(16-4-3-9-23-16)11-20-17(22)8-6-12-5-7-13(18)14(19)10-12/h3-5,7,9-10,15H,6,8,11H2,1-2H3,(H,20,22)/t15-/m1/s1. The van der Waals surface area contributed by atoms with Gasteiger partial charge in [-0.1, -0.05) is 6.07 Å². The number of aryl methyl sites for hydroxylation is 1. The van der Waals surface area contributed by atoms with Gasteiger partial charge in [-0.2, -0.15) is 0 Å². The maximum atomic E-state index is 13.1. The third kappa shape index (κ3) is 4.89. The summed E-state index contributed by atoms with van der Waals surface area (Å²) in [7, 11) is 3.81. The fourth-order valence-corrected chi connectivity index (χ4v) is 2.27. The first-order valence-corrected chi connectivity index (χ1v) is 7.38. The summed E-state index contributed by atoms with van der Waals surface area (Å²) in [6.45, 7) is 0.414. The lowest BCUT2D eigenvalue weighted by atomic mass is 10.1. The molecule has 6 heteroatoms. The van der Waals surface area contributed by atoms with Gasteiger partial charge in [-0.25, -0.2) is 8.78 Å². The van der Waals surface area contributed by atoms with Crippen molar-refractivity contribution in [1.29, 1.82) is 0 Å². The topological polar surface area (TPSA) is 45.5 Å². The molecular formula is C17H20F2N2O2. The maximum absolute atomic E-state index is 13.1. The third-order valence-corrected chi connectivity index (χ3v) is 3.61. The Morgan fingerprint density at radius 3 is 2.65 bits per heavy atom. The van der Waals surface area contributed by atoms with Crippen LogP contribution >= 0.6 is 0 Å². The molecule has 0 aliphatic rings. The average molecular weight is 322 g/mol. The quantitative estimate of drug-likeness (QED) is 0.852. The highest BCUT2D eigenvalue weighted by Crippen LogP contribution is 2.17. The van der Waals surface area contributed by atoms with Gasteiger partial charge in [-0.05, 0) is 50.3 Å². The van der Waals surface area contributed by atoms with Gasteiger partial charge in [0.25, 0.3) is 0 Å². The van der Waals surface area contributed by atoms with Gasteiger partial charge >= 0.3 is 0 Å². The van der Waals surface area contributed by atoms with Crippen molar-refractivity contribution in [3.8, 4) is 0 Å². The molecule has 1 aromatic carbocycles. The summed E-state index contributed by atoms with van der Waals surface area (Å²) >= 11 is 0. The van der Waals surface area contributed by atoms with E-state index in [1.54, 1.807) is 12.3 Å². The van der Waals surface area contributed by atoms with E-state index in [0.29, 0.717) is 18.5 Å². The first-order valence-electron chi connectivity index (χ1n) is 7.38. The minimum atomic E-state index is -0.895. The Bertz CT molecular complexity index is 642. The molecule has 2 rings (SSSR count). The van der Waals surface area contributed by atoms with E-state index in [4.69, 9.17) is 4.42 Å². The number of likely N-dealkylation sites (N-methyl/N-ethyl adjacent to an activating group) is 1. The number of carbonyl (C=O) groups is 1. The molecule has 0 aliphatic carbocycles. The van der Waals surface area contributed by atoms with E-state index in [1.165, 1.54) is 6.07 Å². The molecule has 23 heavy (non-hydrogen) atoms. The molecule has 1 N–H and O–H groups in total. The minimum Gasteiger partial charge on any atom is -0.468 e. The molecule has 124 valence electrons. The molecule has 1 aromatic heterocycles. The Kier molecular flexibility index (Phi) is 5.87. The molecule has 0 aliphatic heterocycles. The molecule has 0 spiro atoms. The summed E-state index contributed by atoms with van der Waals surface area (Å²) in [6, 6.07) is 7.28. The number of hydrogen-bond donors (Lipinski definition) is 1. The normalized spacial score (nSPS) is 12.4. The second kappa shape index (κ2) is 7.87. The van der Waals surface area contributed by atoms with Crippen LogP contribution in [-0.4, -0.2) is 31.4 Å². The predicted molar refractivity (Wildman–Crippen MR) is 82.8 cm³/mol. The molecule has 0 unspecified atom stereocenters. The molecular weight excluding hydrogens is 302 g/mol. The van der Waals surface area contributed by atoms with Gasteiger partial charge in [-0.3, -0.25) is 9.69 Å². The zero-order valence-electron chi connectivity index (χ0n) is 13.2. The molecule has 2 aromatic rings. The lowest BCUT2D eigenvalue weighted by Crippen LogP contribution is -2.34. The Hall–Kier alpha value is -2.21. The first kappa shape index (κ1) is 17.1. The smallest absolute Gasteiger partial charge is 0.220 e. The van der Waals surface area contributed by atoms with Crippen LogP contribution in [0.5, 0.6) is 0 Å². The van der Waals surface area contributed by atoms with Crippen LogP contribution < -0.4 is 5.32 Å². The third-order valence-electron chi connectivity index (χ3n) is 3.61. The van der Waals surface area contributed by atoms with Crippen molar-refractivity contribution in [2.45, 2.75) is 18.9 Å². The monoisotopic (exact) mass is 322 g/mol. The van der Waals surface area contributed by atoms with Crippen LogP contribution in [0.15, 0.2) is 41.0 Å². The predicted octanol–water partition coefficient (Wildman–Crippen LogP) is 2.91. The molecule has 1 atom stereocenters. The molecule has 0 saturated heterocycles. The number of rotatable bonds is 7. The number of nitrogens with zero attached hydrogens (tertiary/aromatic N) is 1. The average Bonchev–Trinajstić information content (AvgIpc) is 3.02. The number of halogens is 2. The highest BCUT2D eigenvalue weighted by molar-refractivity contribution is 5.76. The molecule has 0 saturated carbocycles. The maximum Gasteiger partial charge on any atom is 0.220 e. The van der Waals surface area contributed by atoms with Gasteiger partial charge in [-0.15, -0.1) is 0 Å². The summed E-state index contributed by atoms with van der Waals surface area (Å²) in [5.74, 6) is -1.15. The summed E-state index contributed by atoms with van der Waals surface area (Å²) in [5, 5.41) is 2.84. The van der Waals surface area contributed by atoms with E-state index in [9.17, 15) is 13.6 Å². The second-order valence-corrected chi connectivity index (χ2v) is 5.55. The Balaban J connectivity index is 1.83. The number of carbonyl (C=O) groups excluding carboxylic acids is 1. The van der Waals surface area contributed by atoms with Crippen molar-refractivity contribution in [2.24, 2.45) is 0 Å². The highest BCUT2D eigenvalue weighted by atomic mass is 19.2. The van der Waals surface area contributed by atoms with Gasteiger partial charge in [0.2, 0.25) is 5.91 Å². The lowest BCUT2D eigenvalue weighted by molar-refractivity contribution is -0.121. The van der Waals surface area contributed by atoms with Crippen LogP contribution in [-0.2, 0) is 11.2 Å². The zero-order chi connectivity index (χ0) is 16.8. The van der Waals surface area contributed by atoms with Crippen LogP contribution in [0.25, 0.3) is 0 Å². The Morgan fingerprint density at radius 2 is 2.04 bits per heavy atom. The SMILES string of the molecule is CN(C)[C@H](CNC(=O)CCc1ccc(F)c(F)c1)c1ccco1. The van der Waals surface area contributed by atoms with Crippen LogP contribution in [0, 0.1) is 11.6 Å². The number of furan rings is 1. The molecule has 1 heterocycles. The Morgan fingerprint density at radius 1 is 1.26 bits per heavy atom. The van der Waals surface area contributed by atoms with E-state index in [0.717, 1.165) is 17.9 Å². The fraction of sp³-hybridized carbons (Fsp3) is 0.353. The van der Waals surface area contributed by atoms with Gasteiger partial charge < -0.3 is 9.73 Å². The fourth-order valence-electron chi connectivity index (χ4n) is 2.27. The van der Waals surface area contributed by atoms with Crippen molar-refractivity contribution >= 4 is 5.91 Å². The number of nitrogens with one attached hydrogen (secondary N) is 1.